The van der Waals surface area contributed by atoms with Crippen LogP contribution in [0.1, 0.15) is 16.8 Å². The zero-order valence-electron chi connectivity index (χ0n) is 14.0. The van der Waals surface area contributed by atoms with Gasteiger partial charge in [-0.2, -0.15) is 0 Å². The van der Waals surface area contributed by atoms with Crippen LogP contribution < -0.4 is 0 Å². The van der Waals surface area contributed by atoms with Crippen LogP contribution in [-0.4, -0.2) is 21.0 Å². The lowest BCUT2D eigenvalue weighted by molar-refractivity contribution is -0.145. The normalized spacial score (nSPS) is 10.6. The van der Waals surface area contributed by atoms with Crippen LogP contribution in [-0.2, 0) is 28.4 Å². The fourth-order valence-electron chi connectivity index (χ4n) is 2.19. The van der Waals surface area contributed by atoms with Gasteiger partial charge in [0, 0.05) is 16.8 Å². The zero-order chi connectivity index (χ0) is 17.5. The Morgan fingerprint density at radius 3 is 2.64 bits per heavy atom. The second-order valence-electron chi connectivity index (χ2n) is 5.66. The van der Waals surface area contributed by atoms with E-state index < -0.39 is 0 Å². The molecule has 0 radical (unpaired) electrons. The summed E-state index contributed by atoms with van der Waals surface area (Å²) in [6.07, 6.45) is 1.78. The topological polar surface area (TPSA) is 57.0 Å². The molecule has 0 saturated carbocycles. The van der Waals surface area contributed by atoms with E-state index in [1.807, 2.05) is 30.3 Å². The van der Waals surface area contributed by atoms with E-state index in [0.29, 0.717) is 5.75 Å². The molecule has 0 saturated heterocycles. The standard InChI is InChI=1S/C19H19N3O2S/c1-15-7-9-18(10-8-15)25-14-17-11-22(21-20-17)12-19(23)24-13-16-5-3-2-4-6-16/h2-11H,12-14H2,1H3. The Kier molecular flexibility index (Phi) is 5.85. The van der Waals surface area contributed by atoms with E-state index in [2.05, 4.69) is 41.5 Å². The van der Waals surface area contributed by atoms with Crippen LogP contribution in [0, 0.1) is 6.92 Å². The highest BCUT2D eigenvalue weighted by Gasteiger charge is 2.08. The van der Waals surface area contributed by atoms with Crippen molar-refractivity contribution >= 4 is 17.7 Å². The summed E-state index contributed by atoms with van der Waals surface area (Å²) in [7, 11) is 0. The molecule has 0 aliphatic rings. The summed E-state index contributed by atoms with van der Waals surface area (Å²) in [5.41, 5.74) is 3.04. The van der Waals surface area contributed by atoms with Crippen LogP contribution >= 0.6 is 11.8 Å². The second-order valence-corrected chi connectivity index (χ2v) is 6.70. The largest absolute Gasteiger partial charge is 0.459 e. The maximum Gasteiger partial charge on any atom is 0.328 e. The van der Waals surface area contributed by atoms with Gasteiger partial charge in [-0.15, -0.1) is 16.9 Å². The minimum absolute atomic E-state index is 0.0645. The van der Waals surface area contributed by atoms with Crippen LogP contribution in [0.25, 0.3) is 0 Å². The first-order chi connectivity index (χ1) is 12.2. The first-order valence-corrected chi connectivity index (χ1v) is 8.95. The molecule has 3 aromatic rings. The number of carbonyl (C=O) groups excluding carboxylic acids is 1. The summed E-state index contributed by atoms with van der Waals surface area (Å²) in [5.74, 6) is 0.383. The van der Waals surface area contributed by atoms with Gasteiger partial charge >= 0.3 is 5.97 Å². The molecule has 0 atom stereocenters. The highest BCUT2D eigenvalue weighted by atomic mass is 32.2. The van der Waals surface area contributed by atoms with Crippen molar-refractivity contribution in [3.63, 3.8) is 0 Å². The van der Waals surface area contributed by atoms with E-state index in [0.717, 1.165) is 11.3 Å². The maximum atomic E-state index is 11.9. The van der Waals surface area contributed by atoms with Crippen LogP contribution in [0.5, 0.6) is 0 Å². The minimum atomic E-state index is -0.327. The van der Waals surface area contributed by atoms with Crippen LogP contribution in [0.4, 0.5) is 0 Å². The number of esters is 1. The molecule has 6 heteroatoms. The number of aryl methyl sites for hydroxylation is 1. The van der Waals surface area contributed by atoms with E-state index in [4.69, 9.17) is 4.74 Å². The van der Waals surface area contributed by atoms with Crippen molar-refractivity contribution in [2.75, 3.05) is 0 Å². The molecule has 0 fully saturated rings. The zero-order valence-corrected chi connectivity index (χ0v) is 14.8. The van der Waals surface area contributed by atoms with E-state index in [1.165, 1.54) is 15.1 Å². The number of carbonyl (C=O) groups is 1. The van der Waals surface area contributed by atoms with Gasteiger partial charge in [-0.1, -0.05) is 53.2 Å². The molecule has 0 bridgehead atoms. The molecule has 0 spiro atoms. The van der Waals surface area contributed by atoms with Crippen molar-refractivity contribution in [3.8, 4) is 0 Å². The molecule has 0 N–H and O–H groups in total. The first-order valence-electron chi connectivity index (χ1n) is 7.97. The molecule has 0 unspecified atom stereocenters. The highest BCUT2D eigenvalue weighted by Crippen LogP contribution is 2.21. The summed E-state index contributed by atoms with van der Waals surface area (Å²) >= 11 is 1.69. The van der Waals surface area contributed by atoms with E-state index in [1.54, 1.807) is 18.0 Å². The van der Waals surface area contributed by atoms with Crippen molar-refractivity contribution in [2.24, 2.45) is 0 Å². The summed E-state index contributed by atoms with van der Waals surface area (Å²) < 4.78 is 6.76. The summed E-state index contributed by atoms with van der Waals surface area (Å²) in [6.45, 7) is 2.40. The van der Waals surface area contributed by atoms with Crippen LogP contribution in [0.2, 0.25) is 0 Å². The molecule has 0 aliphatic heterocycles. The average Bonchev–Trinajstić information content (AvgIpc) is 3.08. The average molecular weight is 353 g/mol. The van der Waals surface area contributed by atoms with Gasteiger partial charge in [0.1, 0.15) is 13.2 Å². The number of benzene rings is 2. The first kappa shape index (κ1) is 17.2. The number of aromatic nitrogens is 3. The third-order valence-electron chi connectivity index (χ3n) is 3.53. The number of nitrogens with zero attached hydrogens (tertiary/aromatic N) is 3. The van der Waals surface area contributed by atoms with Crippen LogP contribution in [0.15, 0.2) is 65.7 Å². The Labute approximate surface area is 151 Å². The van der Waals surface area contributed by atoms with Crippen molar-refractivity contribution in [1.82, 2.24) is 15.0 Å². The molecule has 5 nitrogen and oxygen atoms in total. The van der Waals surface area contributed by atoms with Gasteiger partial charge in [-0.3, -0.25) is 4.79 Å². The predicted octanol–water partition coefficient (Wildman–Crippen LogP) is 3.62. The summed E-state index contributed by atoms with van der Waals surface area (Å²) in [6, 6.07) is 17.9. The Morgan fingerprint density at radius 2 is 1.88 bits per heavy atom. The number of hydrogen-bond acceptors (Lipinski definition) is 5. The number of ether oxygens (including phenoxy) is 1. The van der Waals surface area contributed by atoms with Crippen molar-refractivity contribution in [1.29, 1.82) is 0 Å². The smallest absolute Gasteiger partial charge is 0.328 e. The van der Waals surface area contributed by atoms with Gasteiger partial charge in [0.15, 0.2) is 0 Å². The van der Waals surface area contributed by atoms with Crippen molar-refractivity contribution in [2.45, 2.75) is 30.7 Å². The number of rotatable bonds is 7. The Hall–Kier alpha value is -2.60. The molecule has 0 aliphatic carbocycles. The monoisotopic (exact) mass is 353 g/mol. The molecule has 128 valence electrons. The van der Waals surface area contributed by atoms with Gasteiger partial charge in [-0.05, 0) is 24.6 Å². The molecule has 1 heterocycles. The lowest BCUT2D eigenvalue weighted by Gasteiger charge is -2.04. The Balaban J connectivity index is 1.46. The SMILES string of the molecule is Cc1ccc(SCc2cn(CC(=O)OCc3ccccc3)nn2)cc1. The third kappa shape index (κ3) is 5.46. The van der Waals surface area contributed by atoms with Crippen molar-refractivity contribution in [3.05, 3.63) is 77.6 Å². The Morgan fingerprint density at radius 1 is 1.12 bits per heavy atom. The molecular formula is C19H19N3O2S. The summed E-state index contributed by atoms with van der Waals surface area (Å²) in [4.78, 5) is 13.1. The molecular weight excluding hydrogens is 334 g/mol. The lowest BCUT2D eigenvalue weighted by atomic mass is 10.2. The molecule has 1 aromatic heterocycles. The fraction of sp³-hybridized carbons (Fsp3) is 0.211. The Bertz CT molecular complexity index is 816. The van der Waals surface area contributed by atoms with Gasteiger partial charge in [-0.25, -0.2) is 4.68 Å². The van der Waals surface area contributed by atoms with E-state index in [-0.39, 0.29) is 19.1 Å². The van der Waals surface area contributed by atoms with Crippen molar-refractivity contribution < 1.29 is 9.53 Å². The molecule has 2 aromatic carbocycles. The fourth-order valence-corrected chi connectivity index (χ4v) is 2.97. The van der Waals surface area contributed by atoms with Gasteiger partial charge < -0.3 is 4.74 Å². The summed E-state index contributed by atoms with van der Waals surface area (Å²) in [5, 5.41) is 8.09. The molecule has 25 heavy (non-hydrogen) atoms. The van der Waals surface area contributed by atoms with E-state index in [9.17, 15) is 4.79 Å². The maximum absolute atomic E-state index is 11.9. The lowest BCUT2D eigenvalue weighted by Crippen LogP contribution is -2.14. The molecule has 0 amide bonds. The third-order valence-corrected chi connectivity index (χ3v) is 4.57. The minimum Gasteiger partial charge on any atom is -0.459 e. The van der Waals surface area contributed by atoms with Gasteiger partial charge in [0.05, 0.1) is 5.69 Å². The molecule has 3 rings (SSSR count). The van der Waals surface area contributed by atoms with Gasteiger partial charge in [0.2, 0.25) is 0 Å². The number of hydrogen-bond donors (Lipinski definition) is 0. The van der Waals surface area contributed by atoms with Crippen LogP contribution in [0.3, 0.4) is 0 Å². The van der Waals surface area contributed by atoms with Gasteiger partial charge in [0.25, 0.3) is 0 Å². The highest BCUT2D eigenvalue weighted by molar-refractivity contribution is 7.98. The number of thioether (sulfide) groups is 1. The predicted molar refractivity (Wildman–Crippen MR) is 97.0 cm³/mol. The quantitative estimate of drug-likeness (QED) is 0.480. The second kappa shape index (κ2) is 8.48. The van der Waals surface area contributed by atoms with E-state index >= 15 is 0 Å².